The van der Waals surface area contributed by atoms with Gasteiger partial charge in [-0.25, -0.2) is 9.50 Å². The zero-order chi connectivity index (χ0) is 12.9. The molecule has 0 atom stereocenters. The molecule has 2 heterocycles. The second-order valence-electron chi connectivity index (χ2n) is 5.99. The van der Waals surface area contributed by atoms with Gasteiger partial charge in [0, 0.05) is 17.9 Å². The summed E-state index contributed by atoms with van der Waals surface area (Å²) in [5.41, 5.74) is 3.62. The predicted octanol–water partition coefficient (Wildman–Crippen LogP) is 3.17. The predicted molar refractivity (Wildman–Crippen MR) is 70.5 cm³/mol. The third-order valence-corrected chi connectivity index (χ3v) is 4.82. The lowest BCUT2D eigenvalue weighted by molar-refractivity contribution is 0.160. The highest BCUT2D eigenvalue weighted by atomic mass is 15.2. The van der Waals surface area contributed by atoms with Crippen molar-refractivity contribution in [1.82, 2.24) is 14.6 Å². The van der Waals surface area contributed by atoms with E-state index in [0.29, 0.717) is 11.6 Å². The van der Waals surface area contributed by atoms with E-state index in [1.165, 1.54) is 44.2 Å². The molecule has 0 amide bonds. The zero-order valence-electron chi connectivity index (χ0n) is 11.7. The Morgan fingerprint density at radius 1 is 1.22 bits per heavy atom. The van der Waals surface area contributed by atoms with Gasteiger partial charge in [-0.3, -0.25) is 0 Å². The van der Waals surface area contributed by atoms with E-state index in [2.05, 4.69) is 5.10 Å². The van der Waals surface area contributed by atoms with E-state index in [0.717, 1.165) is 24.1 Å². The molecule has 2 aliphatic rings. The Morgan fingerprint density at radius 3 is 3.00 bits per heavy atom. The summed E-state index contributed by atoms with van der Waals surface area (Å²) in [7, 11) is 0. The van der Waals surface area contributed by atoms with Crippen LogP contribution in [-0.2, 0) is 12.8 Å². The fraction of sp³-hybridized carbons (Fsp3) is 0.600. The molecule has 18 heavy (non-hydrogen) atoms. The van der Waals surface area contributed by atoms with E-state index in [4.69, 9.17) is 6.35 Å². The van der Waals surface area contributed by atoms with Gasteiger partial charge in [0.15, 0.2) is 5.65 Å². The minimum absolute atomic E-state index is 0.489. The molecular formula is C15H19N3. The second kappa shape index (κ2) is 3.81. The molecule has 0 unspecified atom stereocenters. The van der Waals surface area contributed by atoms with Gasteiger partial charge in [0.2, 0.25) is 0 Å². The van der Waals surface area contributed by atoms with Gasteiger partial charge in [0.05, 0.1) is 7.57 Å². The van der Waals surface area contributed by atoms with E-state index >= 15 is 0 Å². The maximum Gasteiger partial charge on any atom is 0.155 e. The first-order valence-electron chi connectivity index (χ1n) is 7.60. The Kier molecular flexibility index (Phi) is 2.02. The lowest BCUT2D eigenvalue weighted by Gasteiger charge is -2.40. The van der Waals surface area contributed by atoms with Crippen LogP contribution in [0.2, 0.25) is 0 Å². The summed E-state index contributed by atoms with van der Waals surface area (Å²) in [4.78, 5) is 4.77. The highest BCUT2D eigenvalue weighted by Gasteiger charge is 2.36. The SMILES string of the molecule is [2H]c1c2c(nc3ccnn13)CC1(CCCCC1)CC2. The van der Waals surface area contributed by atoms with Gasteiger partial charge in [-0.15, -0.1) is 0 Å². The van der Waals surface area contributed by atoms with Gasteiger partial charge in [0.25, 0.3) is 0 Å². The molecular weight excluding hydrogens is 222 g/mol. The van der Waals surface area contributed by atoms with E-state index in [-0.39, 0.29) is 0 Å². The molecule has 0 radical (unpaired) electrons. The summed E-state index contributed by atoms with van der Waals surface area (Å²) >= 11 is 0. The zero-order valence-corrected chi connectivity index (χ0v) is 10.7. The van der Waals surface area contributed by atoms with Crippen LogP contribution in [0.4, 0.5) is 0 Å². The highest BCUT2D eigenvalue weighted by molar-refractivity contribution is 5.40. The Bertz CT molecular complexity index is 626. The highest BCUT2D eigenvalue weighted by Crippen LogP contribution is 2.45. The largest absolute Gasteiger partial charge is 0.233 e. The quantitative estimate of drug-likeness (QED) is 0.710. The summed E-state index contributed by atoms with van der Waals surface area (Å²) in [5.74, 6) is 0. The lowest BCUT2D eigenvalue weighted by Crippen LogP contribution is -2.32. The number of nitrogens with zero attached hydrogens (tertiary/aromatic N) is 3. The van der Waals surface area contributed by atoms with Crippen molar-refractivity contribution in [2.45, 2.75) is 51.4 Å². The Hall–Kier alpha value is -1.38. The number of aromatic nitrogens is 3. The van der Waals surface area contributed by atoms with Crippen LogP contribution in [0.15, 0.2) is 18.4 Å². The van der Waals surface area contributed by atoms with Crippen molar-refractivity contribution in [2.75, 3.05) is 0 Å². The van der Waals surface area contributed by atoms with Crippen molar-refractivity contribution >= 4 is 5.65 Å². The molecule has 2 aromatic rings. The fourth-order valence-corrected chi connectivity index (χ4v) is 3.77. The molecule has 0 aromatic carbocycles. The molecule has 0 bridgehead atoms. The van der Waals surface area contributed by atoms with Crippen molar-refractivity contribution < 1.29 is 1.37 Å². The summed E-state index contributed by atoms with van der Waals surface area (Å²) < 4.78 is 9.96. The third kappa shape index (κ3) is 1.57. The molecule has 4 rings (SSSR count). The van der Waals surface area contributed by atoms with Crippen LogP contribution >= 0.6 is 0 Å². The van der Waals surface area contributed by atoms with Crippen molar-refractivity contribution in [3.05, 3.63) is 29.7 Å². The normalized spacial score (nSPS) is 23.0. The minimum atomic E-state index is 0.489. The first kappa shape index (κ1) is 9.54. The van der Waals surface area contributed by atoms with E-state index in [9.17, 15) is 0 Å². The van der Waals surface area contributed by atoms with Gasteiger partial charge in [0.1, 0.15) is 0 Å². The van der Waals surface area contributed by atoms with Crippen LogP contribution in [0.5, 0.6) is 0 Å². The van der Waals surface area contributed by atoms with Gasteiger partial charge in [-0.05, 0) is 43.1 Å². The van der Waals surface area contributed by atoms with Gasteiger partial charge in [-0.1, -0.05) is 19.3 Å². The molecule has 0 N–H and O–H groups in total. The van der Waals surface area contributed by atoms with Crippen LogP contribution in [0.25, 0.3) is 5.65 Å². The van der Waals surface area contributed by atoms with E-state index in [1.54, 1.807) is 10.7 Å². The molecule has 0 saturated heterocycles. The Labute approximate surface area is 109 Å². The average Bonchev–Trinajstić information content (AvgIpc) is 2.88. The molecule has 1 saturated carbocycles. The van der Waals surface area contributed by atoms with Crippen LogP contribution in [0, 0.1) is 5.41 Å². The number of hydrogen-bond donors (Lipinski definition) is 0. The third-order valence-electron chi connectivity index (χ3n) is 4.82. The number of fused-ring (bicyclic) bond motifs is 2. The van der Waals surface area contributed by atoms with Crippen molar-refractivity contribution in [3.63, 3.8) is 0 Å². The molecule has 0 aliphatic heterocycles. The molecule has 94 valence electrons. The fourth-order valence-electron chi connectivity index (χ4n) is 3.77. The number of hydrogen-bond acceptors (Lipinski definition) is 2. The molecule has 1 spiro atoms. The standard InChI is InChI=1S/C15H19N3/c1-2-6-15(7-3-1)8-4-12-11-18-14(5-9-16-18)17-13(12)10-15/h5,9,11H,1-4,6-8,10H2/i11D. The molecule has 2 aliphatic carbocycles. The van der Waals surface area contributed by atoms with Gasteiger partial charge >= 0.3 is 0 Å². The number of rotatable bonds is 0. The van der Waals surface area contributed by atoms with Crippen molar-refractivity contribution in [1.29, 1.82) is 0 Å². The lowest BCUT2D eigenvalue weighted by atomic mass is 9.65. The Morgan fingerprint density at radius 2 is 2.11 bits per heavy atom. The monoisotopic (exact) mass is 242 g/mol. The summed E-state index contributed by atoms with van der Waals surface area (Å²) in [5, 5.41) is 4.20. The van der Waals surface area contributed by atoms with Crippen molar-refractivity contribution in [3.8, 4) is 0 Å². The molecule has 3 nitrogen and oxygen atoms in total. The first-order chi connectivity index (χ1) is 9.27. The van der Waals surface area contributed by atoms with Crippen LogP contribution in [0.3, 0.4) is 0 Å². The summed E-state index contributed by atoms with van der Waals surface area (Å²) in [6.45, 7) is 0. The van der Waals surface area contributed by atoms with Crippen LogP contribution < -0.4 is 0 Å². The van der Waals surface area contributed by atoms with Crippen molar-refractivity contribution in [2.24, 2.45) is 5.41 Å². The van der Waals surface area contributed by atoms with Gasteiger partial charge in [-0.2, -0.15) is 5.10 Å². The van der Waals surface area contributed by atoms with E-state index in [1.807, 2.05) is 6.07 Å². The van der Waals surface area contributed by atoms with Crippen LogP contribution in [-0.4, -0.2) is 14.6 Å². The average molecular weight is 242 g/mol. The molecule has 3 heteroatoms. The second-order valence-corrected chi connectivity index (χ2v) is 5.99. The van der Waals surface area contributed by atoms with E-state index < -0.39 is 0 Å². The van der Waals surface area contributed by atoms with Gasteiger partial charge < -0.3 is 0 Å². The smallest absolute Gasteiger partial charge is 0.155 e. The first-order valence-corrected chi connectivity index (χ1v) is 7.10. The molecule has 2 aromatic heterocycles. The topological polar surface area (TPSA) is 30.2 Å². The molecule has 1 fully saturated rings. The maximum atomic E-state index is 8.30. The minimum Gasteiger partial charge on any atom is -0.233 e. The maximum absolute atomic E-state index is 8.30. The summed E-state index contributed by atoms with van der Waals surface area (Å²) in [6, 6.07) is 1.90. The summed E-state index contributed by atoms with van der Waals surface area (Å²) in [6.07, 6.45) is 12.5. The van der Waals surface area contributed by atoms with Crippen LogP contribution in [0.1, 0.15) is 51.2 Å². The Balaban J connectivity index is 1.80.